The van der Waals surface area contributed by atoms with Crippen LogP contribution < -0.4 is 4.74 Å². The van der Waals surface area contributed by atoms with E-state index in [1.165, 1.54) is 13.2 Å². The number of likely N-dealkylation sites (tertiary alicyclic amines) is 2. The number of carbonyl (C=O) groups is 2. The molecule has 0 radical (unpaired) electrons. The smallest absolute Gasteiger partial charge is 0.226 e. The highest BCUT2D eigenvalue weighted by Gasteiger charge is 2.44. The van der Waals surface area contributed by atoms with E-state index in [0.29, 0.717) is 25.1 Å². The maximum Gasteiger partial charge on any atom is 0.226 e. The Morgan fingerprint density at radius 3 is 2.60 bits per heavy atom. The van der Waals surface area contributed by atoms with Gasteiger partial charge in [0.05, 0.1) is 13.5 Å². The molecule has 6 heteroatoms. The molecular weight excluding hydrogens is 323 g/mol. The normalized spacial score (nSPS) is 19.6. The number of methoxy groups -OCH3 is 1. The quantitative estimate of drug-likeness (QED) is 0.838. The molecule has 2 aliphatic heterocycles. The number of hydrogen-bond acceptors (Lipinski definition) is 3. The molecule has 0 unspecified atom stereocenters. The van der Waals surface area contributed by atoms with Gasteiger partial charge in [0.15, 0.2) is 11.6 Å². The van der Waals surface area contributed by atoms with E-state index in [4.69, 9.17) is 4.74 Å². The number of piperidine rings is 1. The monoisotopic (exact) mass is 348 g/mol. The van der Waals surface area contributed by atoms with E-state index in [0.717, 1.165) is 25.9 Å². The molecule has 3 rings (SSSR count). The second-order valence-electron chi connectivity index (χ2n) is 7.11. The molecule has 0 saturated carbocycles. The zero-order chi connectivity index (χ0) is 18.0. The van der Waals surface area contributed by atoms with Crippen molar-refractivity contribution in [1.29, 1.82) is 0 Å². The molecule has 1 aromatic rings. The molecule has 0 aliphatic carbocycles. The van der Waals surface area contributed by atoms with Crippen LogP contribution in [0.4, 0.5) is 4.39 Å². The third-order valence-corrected chi connectivity index (χ3v) is 5.54. The molecule has 2 amide bonds. The largest absolute Gasteiger partial charge is 0.494 e. The number of carbonyl (C=O) groups excluding carboxylic acids is 2. The molecule has 2 fully saturated rings. The highest BCUT2D eigenvalue weighted by Crippen LogP contribution is 2.40. The summed E-state index contributed by atoms with van der Waals surface area (Å²) in [5.41, 5.74) is 0.688. The van der Waals surface area contributed by atoms with E-state index in [1.54, 1.807) is 12.1 Å². The minimum atomic E-state index is -0.450. The van der Waals surface area contributed by atoms with E-state index in [2.05, 4.69) is 0 Å². The fourth-order valence-corrected chi connectivity index (χ4v) is 3.94. The van der Waals surface area contributed by atoms with E-state index >= 15 is 0 Å². The van der Waals surface area contributed by atoms with Gasteiger partial charge in [0.1, 0.15) is 0 Å². The third-order valence-electron chi connectivity index (χ3n) is 5.54. The summed E-state index contributed by atoms with van der Waals surface area (Å²) in [6.45, 7) is 4.91. The Bertz CT molecular complexity index is 669. The predicted octanol–water partition coefficient (Wildman–Crippen LogP) is 2.24. The van der Waals surface area contributed by atoms with Gasteiger partial charge in [0, 0.05) is 38.0 Å². The molecule has 0 N–H and O–H groups in total. The summed E-state index contributed by atoms with van der Waals surface area (Å²) in [6.07, 6.45) is 2.51. The first-order valence-corrected chi connectivity index (χ1v) is 8.84. The summed E-state index contributed by atoms with van der Waals surface area (Å²) in [5.74, 6) is -0.0240. The minimum Gasteiger partial charge on any atom is -0.494 e. The average Bonchev–Trinajstić information content (AvgIpc) is 2.91. The number of amides is 2. The zero-order valence-electron chi connectivity index (χ0n) is 14.9. The summed E-state index contributed by atoms with van der Waals surface area (Å²) in [5, 5.41) is 0. The second-order valence-corrected chi connectivity index (χ2v) is 7.11. The molecule has 1 spiro atoms. The molecular formula is C19H25FN2O3. The van der Waals surface area contributed by atoms with Crippen molar-refractivity contribution < 1.29 is 18.7 Å². The topological polar surface area (TPSA) is 49.9 Å². The molecule has 0 atom stereocenters. The van der Waals surface area contributed by atoms with Crippen LogP contribution in [0.5, 0.6) is 5.75 Å². The Hall–Kier alpha value is -2.11. The minimum absolute atomic E-state index is 0.0103. The summed E-state index contributed by atoms with van der Waals surface area (Å²) < 4.78 is 18.7. The van der Waals surface area contributed by atoms with Crippen molar-refractivity contribution in [2.75, 3.05) is 33.3 Å². The van der Waals surface area contributed by atoms with Crippen molar-refractivity contribution >= 4 is 11.8 Å². The van der Waals surface area contributed by atoms with Crippen LogP contribution in [-0.4, -0.2) is 54.9 Å². The molecule has 1 aromatic carbocycles. The lowest BCUT2D eigenvalue weighted by Gasteiger charge is -2.38. The van der Waals surface area contributed by atoms with Crippen LogP contribution in [0, 0.1) is 11.2 Å². The highest BCUT2D eigenvalue weighted by molar-refractivity contribution is 5.80. The van der Waals surface area contributed by atoms with E-state index < -0.39 is 5.82 Å². The number of ether oxygens (including phenoxy) is 1. The maximum absolute atomic E-state index is 13.8. The van der Waals surface area contributed by atoms with Gasteiger partial charge in [-0.15, -0.1) is 0 Å². The molecule has 2 heterocycles. The third kappa shape index (κ3) is 3.62. The zero-order valence-corrected chi connectivity index (χ0v) is 14.9. The Morgan fingerprint density at radius 2 is 2.04 bits per heavy atom. The van der Waals surface area contributed by atoms with Crippen molar-refractivity contribution in [2.24, 2.45) is 5.41 Å². The molecule has 136 valence electrons. The van der Waals surface area contributed by atoms with Gasteiger partial charge in [0.25, 0.3) is 0 Å². The summed E-state index contributed by atoms with van der Waals surface area (Å²) in [6, 6.07) is 4.63. The number of rotatable bonds is 4. The van der Waals surface area contributed by atoms with Gasteiger partial charge in [-0.25, -0.2) is 4.39 Å². The van der Waals surface area contributed by atoms with Crippen molar-refractivity contribution in [1.82, 2.24) is 9.80 Å². The van der Waals surface area contributed by atoms with Gasteiger partial charge >= 0.3 is 0 Å². The summed E-state index contributed by atoms with van der Waals surface area (Å²) in [7, 11) is 1.42. The lowest BCUT2D eigenvalue weighted by Crippen LogP contribution is -2.44. The van der Waals surface area contributed by atoms with Gasteiger partial charge in [-0.3, -0.25) is 9.59 Å². The molecule has 2 saturated heterocycles. The SMILES string of the molecule is CCN1CC2(CCN(C(=O)Cc3ccc(OC)c(F)c3)CC2)CC1=O. The molecule has 2 aliphatic rings. The second kappa shape index (κ2) is 7.02. The summed E-state index contributed by atoms with van der Waals surface area (Å²) in [4.78, 5) is 28.3. The molecule has 0 aromatic heterocycles. The van der Waals surface area contributed by atoms with Gasteiger partial charge in [0.2, 0.25) is 11.8 Å². The van der Waals surface area contributed by atoms with Crippen LogP contribution in [0.1, 0.15) is 31.7 Å². The van der Waals surface area contributed by atoms with Crippen LogP contribution in [0.2, 0.25) is 0 Å². The number of nitrogens with zero attached hydrogens (tertiary/aromatic N) is 2. The van der Waals surface area contributed by atoms with Crippen molar-refractivity contribution in [2.45, 2.75) is 32.6 Å². The van der Waals surface area contributed by atoms with Crippen molar-refractivity contribution in [3.63, 3.8) is 0 Å². The first kappa shape index (κ1) is 17.7. The average molecular weight is 348 g/mol. The summed E-state index contributed by atoms with van der Waals surface area (Å²) >= 11 is 0. The maximum atomic E-state index is 13.8. The fraction of sp³-hybridized carbons (Fsp3) is 0.579. The Kier molecular flexibility index (Phi) is 4.97. The Morgan fingerprint density at radius 1 is 1.32 bits per heavy atom. The Labute approximate surface area is 147 Å². The van der Waals surface area contributed by atoms with Gasteiger partial charge in [-0.2, -0.15) is 0 Å². The van der Waals surface area contributed by atoms with E-state index in [1.807, 2.05) is 16.7 Å². The lowest BCUT2D eigenvalue weighted by atomic mass is 9.77. The lowest BCUT2D eigenvalue weighted by molar-refractivity contribution is -0.132. The molecule has 25 heavy (non-hydrogen) atoms. The Balaban J connectivity index is 1.57. The van der Waals surface area contributed by atoms with Crippen LogP contribution in [0.15, 0.2) is 18.2 Å². The fourth-order valence-electron chi connectivity index (χ4n) is 3.94. The number of hydrogen-bond donors (Lipinski definition) is 0. The van der Waals surface area contributed by atoms with Gasteiger partial charge in [-0.1, -0.05) is 6.07 Å². The standard InChI is InChI=1S/C19H25FN2O3/c1-3-21-13-19(12-18(21)24)6-8-22(9-7-19)17(23)11-14-4-5-16(25-2)15(20)10-14/h4-5,10H,3,6-9,11-13H2,1-2H3. The number of halogens is 1. The highest BCUT2D eigenvalue weighted by atomic mass is 19.1. The first-order valence-electron chi connectivity index (χ1n) is 8.84. The van der Waals surface area contributed by atoms with Gasteiger partial charge in [-0.05, 0) is 37.5 Å². The van der Waals surface area contributed by atoms with Crippen LogP contribution in [0.3, 0.4) is 0 Å². The predicted molar refractivity (Wildman–Crippen MR) is 91.8 cm³/mol. The van der Waals surface area contributed by atoms with E-state index in [9.17, 15) is 14.0 Å². The van der Waals surface area contributed by atoms with Crippen molar-refractivity contribution in [3.05, 3.63) is 29.6 Å². The van der Waals surface area contributed by atoms with Crippen LogP contribution >= 0.6 is 0 Å². The molecule has 0 bridgehead atoms. The van der Waals surface area contributed by atoms with E-state index in [-0.39, 0.29) is 29.4 Å². The molecule has 5 nitrogen and oxygen atoms in total. The van der Waals surface area contributed by atoms with Crippen molar-refractivity contribution in [3.8, 4) is 5.75 Å². The van der Waals surface area contributed by atoms with Crippen LogP contribution in [-0.2, 0) is 16.0 Å². The first-order chi connectivity index (χ1) is 12.0. The van der Waals surface area contributed by atoms with Gasteiger partial charge < -0.3 is 14.5 Å². The number of benzene rings is 1. The van der Waals surface area contributed by atoms with Crippen LogP contribution in [0.25, 0.3) is 0 Å².